The highest BCUT2D eigenvalue weighted by molar-refractivity contribution is 7.15. The van der Waals surface area contributed by atoms with Gasteiger partial charge in [-0.15, -0.1) is 11.3 Å². The Labute approximate surface area is 179 Å². The third-order valence-corrected chi connectivity index (χ3v) is 7.09. The molecule has 6 heteroatoms. The lowest BCUT2D eigenvalue weighted by molar-refractivity contribution is -0.0308. The number of aryl methyl sites for hydroxylation is 1. The number of aromatic nitrogens is 1. The van der Waals surface area contributed by atoms with E-state index in [0.29, 0.717) is 24.0 Å². The van der Waals surface area contributed by atoms with Crippen LogP contribution in [0.15, 0.2) is 54.6 Å². The van der Waals surface area contributed by atoms with E-state index in [1.807, 2.05) is 42.2 Å². The average Bonchev–Trinajstić information content (AvgIpc) is 3.14. The largest absolute Gasteiger partial charge is 0.491 e. The molecule has 1 amide bonds. The molecule has 154 valence electrons. The van der Waals surface area contributed by atoms with Gasteiger partial charge in [0.05, 0.1) is 15.9 Å². The monoisotopic (exact) mass is 422 g/mol. The molecular formula is C24H23FN2O2S. The van der Waals surface area contributed by atoms with Gasteiger partial charge in [0.25, 0.3) is 5.91 Å². The molecule has 2 aromatic carbocycles. The summed E-state index contributed by atoms with van der Waals surface area (Å²) in [6.07, 6.45) is 3.05. The summed E-state index contributed by atoms with van der Waals surface area (Å²) >= 11 is 1.56. The number of fused-ring (bicyclic) bond motifs is 2. The standard InChI is InChI=1S/C24H23FN2O2S/c1-15-26-22(23(30-15)17-5-3-2-4-6-17)24(28)27-19-11-16(12-19)13-20(27)14-29-21-9-7-18(25)8-10-21/h2-10,16,19-20H,11-14H2,1H3. The van der Waals surface area contributed by atoms with Crippen LogP contribution < -0.4 is 4.74 Å². The number of hydrogen-bond acceptors (Lipinski definition) is 4. The average molecular weight is 423 g/mol. The number of hydrogen-bond donors (Lipinski definition) is 0. The van der Waals surface area contributed by atoms with E-state index in [0.717, 1.165) is 34.7 Å². The van der Waals surface area contributed by atoms with Crippen molar-refractivity contribution in [2.24, 2.45) is 5.92 Å². The second-order valence-corrected chi connectivity index (χ2v) is 9.34. The van der Waals surface area contributed by atoms with E-state index in [2.05, 4.69) is 4.98 Å². The summed E-state index contributed by atoms with van der Waals surface area (Å²) in [7, 11) is 0. The van der Waals surface area contributed by atoms with Gasteiger partial charge in [0.2, 0.25) is 0 Å². The van der Waals surface area contributed by atoms with E-state index >= 15 is 0 Å². The van der Waals surface area contributed by atoms with Crippen molar-refractivity contribution in [3.05, 3.63) is 71.1 Å². The Hall–Kier alpha value is -2.73. The molecule has 2 aliphatic heterocycles. The van der Waals surface area contributed by atoms with Crippen LogP contribution in [0, 0.1) is 18.7 Å². The maximum atomic E-state index is 13.7. The van der Waals surface area contributed by atoms with Crippen LogP contribution in [0.3, 0.4) is 0 Å². The first-order valence-corrected chi connectivity index (χ1v) is 11.1. The summed E-state index contributed by atoms with van der Waals surface area (Å²) in [5.74, 6) is 0.989. The van der Waals surface area contributed by atoms with Gasteiger partial charge in [-0.3, -0.25) is 4.79 Å². The number of rotatable bonds is 5. The van der Waals surface area contributed by atoms with Crippen LogP contribution in [0.2, 0.25) is 0 Å². The van der Waals surface area contributed by atoms with Crippen LogP contribution in [0.25, 0.3) is 10.4 Å². The van der Waals surface area contributed by atoms with Crippen molar-refractivity contribution in [2.45, 2.75) is 38.3 Å². The van der Waals surface area contributed by atoms with E-state index in [1.165, 1.54) is 12.1 Å². The van der Waals surface area contributed by atoms with Crippen LogP contribution in [0.1, 0.15) is 34.8 Å². The Balaban J connectivity index is 1.40. The van der Waals surface area contributed by atoms with Gasteiger partial charge >= 0.3 is 0 Å². The molecule has 1 saturated carbocycles. The molecule has 4 nitrogen and oxygen atoms in total. The first kappa shape index (κ1) is 19.2. The molecule has 0 N–H and O–H groups in total. The topological polar surface area (TPSA) is 42.4 Å². The van der Waals surface area contributed by atoms with Crippen LogP contribution in [0.4, 0.5) is 4.39 Å². The maximum absolute atomic E-state index is 13.7. The maximum Gasteiger partial charge on any atom is 0.274 e. The highest BCUT2D eigenvalue weighted by Gasteiger charge is 2.47. The quantitative estimate of drug-likeness (QED) is 0.558. The van der Waals surface area contributed by atoms with E-state index < -0.39 is 0 Å². The van der Waals surface area contributed by atoms with Crippen LogP contribution in [-0.2, 0) is 0 Å². The molecule has 6 rings (SSSR count). The van der Waals surface area contributed by atoms with Gasteiger partial charge in [0.15, 0.2) is 0 Å². The second-order valence-electron chi connectivity index (χ2n) is 8.13. The Kier molecular flexibility index (Phi) is 5.03. The first-order chi connectivity index (χ1) is 14.6. The number of carbonyl (C=O) groups is 1. The van der Waals surface area contributed by atoms with Crippen molar-refractivity contribution < 1.29 is 13.9 Å². The Morgan fingerprint density at radius 3 is 2.60 bits per heavy atom. The van der Waals surface area contributed by atoms with E-state index in [4.69, 9.17) is 4.74 Å². The summed E-state index contributed by atoms with van der Waals surface area (Å²) in [6, 6.07) is 16.3. The third-order valence-electron chi connectivity index (χ3n) is 6.07. The predicted octanol–water partition coefficient (Wildman–Crippen LogP) is 5.33. The van der Waals surface area contributed by atoms with E-state index in [-0.39, 0.29) is 23.8 Å². The van der Waals surface area contributed by atoms with Crippen molar-refractivity contribution in [2.75, 3.05) is 6.61 Å². The summed E-state index contributed by atoms with van der Waals surface area (Å²) in [5.41, 5.74) is 1.56. The summed E-state index contributed by atoms with van der Waals surface area (Å²) in [4.78, 5) is 21.2. The molecule has 1 aromatic heterocycles. The Morgan fingerprint density at radius 1 is 1.13 bits per heavy atom. The van der Waals surface area contributed by atoms with Crippen molar-refractivity contribution in [3.8, 4) is 16.2 Å². The zero-order valence-corrected chi connectivity index (χ0v) is 17.6. The minimum absolute atomic E-state index is 0.00526. The summed E-state index contributed by atoms with van der Waals surface area (Å²) < 4.78 is 19.1. The zero-order valence-electron chi connectivity index (χ0n) is 16.8. The molecule has 1 atom stereocenters. The lowest BCUT2D eigenvalue weighted by atomic mass is 9.70. The fourth-order valence-electron chi connectivity index (χ4n) is 4.60. The molecule has 0 spiro atoms. The van der Waals surface area contributed by atoms with Gasteiger partial charge < -0.3 is 9.64 Å². The lowest BCUT2D eigenvalue weighted by Crippen LogP contribution is -2.60. The van der Waals surface area contributed by atoms with Crippen LogP contribution >= 0.6 is 11.3 Å². The first-order valence-electron chi connectivity index (χ1n) is 10.3. The number of carbonyl (C=O) groups excluding carboxylic acids is 1. The zero-order chi connectivity index (χ0) is 20.7. The minimum Gasteiger partial charge on any atom is -0.491 e. The number of piperidine rings is 2. The van der Waals surface area contributed by atoms with Gasteiger partial charge in [-0.2, -0.15) is 0 Å². The second kappa shape index (κ2) is 7.84. The van der Waals surface area contributed by atoms with Gasteiger partial charge in [-0.1, -0.05) is 30.3 Å². The van der Waals surface area contributed by atoms with Crippen molar-refractivity contribution in [1.82, 2.24) is 9.88 Å². The van der Waals surface area contributed by atoms with Gasteiger partial charge in [-0.25, -0.2) is 9.37 Å². The van der Waals surface area contributed by atoms with Gasteiger partial charge in [0, 0.05) is 6.04 Å². The molecular weight excluding hydrogens is 399 g/mol. The predicted molar refractivity (Wildman–Crippen MR) is 115 cm³/mol. The number of ether oxygens (including phenoxy) is 1. The minimum atomic E-state index is -0.287. The lowest BCUT2D eigenvalue weighted by Gasteiger charge is -2.53. The van der Waals surface area contributed by atoms with Crippen molar-refractivity contribution >= 4 is 17.2 Å². The normalized spacial score (nSPS) is 22.5. The molecule has 2 saturated heterocycles. The third kappa shape index (κ3) is 3.60. The number of benzene rings is 2. The molecule has 3 heterocycles. The van der Waals surface area contributed by atoms with E-state index in [1.54, 1.807) is 23.5 Å². The molecule has 30 heavy (non-hydrogen) atoms. The van der Waals surface area contributed by atoms with Crippen LogP contribution in [-0.4, -0.2) is 34.5 Å². The van der Waals surface area contributed by atoms with Crippen molar-refractivity contribution in [3.63, 3.8) is 0 Å². The molecule has 3 fully saturated rings. The van der Waals surface area contributed by atoms with Gasteiger partial charge in [0.1, 0.15) is 23.9 Å². The summed E-state index contributed by atoms with van der Waals surface area (Å²) in [6.45, 7) is 2.35. The van der Waals surface area contributed by atoms with Gasteiger partial charge in [-0.05, 0) is 61.9 Å². The molecule has 3 aromatic rings. The Bertz CT molecular complexity index is 1040. The molecule has 3 aliphatic rings. The SMILES string of the molecule is Cc1nc(C(=O)N2C(COc3ccc(F)cc3)CC3CC2C3)c(-c2ccccc2)s1. The number of halogens is 1. The van der Waals surface area contributed by atoms with Crippen LogP contribution in [0.5, 0.6) is 5.75 Å². The number of amides is 1. The highest BCUT2D eigenvalue weighted by Crippen LogP contribution is 2.44. The number of nitrogens with zero attached hydrogens (tertiary/aromatic N) is 2. The molecule has 2 bridgehead atoms. The Morgan fingerprint density at radius 2 is 1.87 bits per heavy atom. The number of thiazole rings is 1. The highest BCUT2D eigenvalue weighted by atomic mass is 32.1. The fraction of sp³-hybridized carbons (Fsp3) is 0.333. The van der Waals surface area contributed by atoms with E-state index in [9.17, 15) is 9.18 Å². The molecule has 0 radical (unpaired) electrons. The summed E-state index contributed by atoms with van der Waals surface area (Å²) in [5, 5.41) is 0.889. The molecule has 1 unspecified atom stereocenters. The van der Waals surface area contributed by atoms with Crippen molar-refractivity contribution in [1.29, 1.82) is 0 Å². The molecule has 1 aliphatic carbocycles. The smallest absolute Gasteiger partial charge is 0.274 e. The fourth-order valence-corrected chi connectivity index (χ4v) is 5.52.